The third-order valence-corrected chi connectivity index (χ3v) is 4.50. The van der Waals surface area contributed by atoms with Crippen molar-refractivity contribution in [1.29, 1.82) is 0 Å². The lowest BCUT2D eigenvalue weighted by Gasteiger charge is -2.47. The first-order valence-corrected chi connectivity index (χ1v) is 7.24. The number of amides is 1. The highest BCUT2D eigenvalue weighted by Crippen LogP contribution is 2.51. The molecule has 2 unspecified atom stereocenters. The summed E-state index contributed by atoms with van der Waals surface area (Å²) in [6, 6.07) is 0. The predicted octanol–water partition coefficient (Wildman–Crippen LogP) is 2.63. The second kappa shape index (κ2) is 6.44. The number of nitrogens with two attached hydrogens (primary N) is 1. The first-order valence-electron chi connectivity index (χ1n) is 7.24. The fourth-order valence-corrected chi connectivity index (χ4v) is 4.05. The van der Waals surface area contributed by atoms with E-state index in [2.05, 4.69) is 40.0 Å². The summed E-state index contributed by atoms with van der Waals surface area (Å²) >= 11 is 0. The third kappa shape index (κ3) is 2.75. The van der Waals surface area contributed by atoms with Gasteiger partial charge < -0.3 is 4.74 Å². The van der Waals surface area contributed by atoms with Crippen molar-refractivity contribution < 1.29 is 9.53 Å². The molecule has 0 saturated carbocycles. The number of hydrazine groups is 1. The summed E-state index contributed by atoms with van der Waals surface area (Å²) in [5, 5.41) is 0. The maximum Gasteiger partial charge on any atom is 0.241 e. The van der Waals surface area contributed by atoms with Gasteiger partial charge in [-0.15, -0.1) is 0 Å². The van der Waals surface area contributed by atoms with Crippen LogP contribution in [0.2, 0.25) is 0 Å². The molecule has 0 bridgehead atoms. The Labute approximate surface area is 122 Å². The Balaban J connectivity index is 3.38. The van der Waals surface area contributed by atoms with Crippen molar-refractivity contribution in [3.05, 3.63) is 24.0 Å². The number of hydrogen-bond acceptors (Lipinski definition) is 3. The number of carbonyl (C=O) groups is 1. The van der Waals surface area contributed by atoms with Crippen LogP contribution in [-0.2, 0) is 9.53 Å². The van der Waals surface area contributed by atoms with Crippen LogP contribution in [-0.4, -0.2) is 13.0 Å². The molecular formula is C16H28N2O2. The van der Waals surface area contributed by atoms with Gasteiger partial charge in [0.1, 0.15) is 5.76 Å². The highest BCUT2D eigenvalue weighted by Gasteiger charge is 2.50. The van der Waals surface area contributed by atoms with Crippen LogP contribution in [0.25, 0.3) is 0 Å². The van der Waals surface area contributed by atoms with Crippen LogP contribution in [0.15, 0.2) is 24.0 Å². The largest absolute Gasteiger partial charge is 0.500 e. The van der Waals surface area contributed by atoms with E-state index in [1.54, 1.807) is 7.11 Å². The topological polar surface area (TPSA) is 64.3 Å². The zero-order chi connectivity index (χ0) is 15.5. The Kier molecular flexibility index (Phi) is 5.40. The SMILES string of the molecule is COC1=CC=CC(C(=O)NN)C1(C)C(C(C)C)C(C)C. The van der Waals surface area contributed by atoms with Gasteiger partial charge >= 0.3 is 0 Å². The molecule has 0 saturated heterocycles. The molecule has 1 rings (SSSR count). The predicted molar refractivity (Wildman–Crippen MR) is 81.3 cm³/mol. The number of nitrogens with one attached hydrogen (secondary N) is 1. The Morgan fingerprint density at radius 3 is 2.30 bits per heavy atom. The van der Waals surface area contributed by atoms with Crippen molar-refractivity contribution in [2.45, 2.75) is 34.6 Å². The number of carbonyl (C=O) groups excluding carboxylic acids is 1. The molecule has 1 aliphatic rings. The maximum atomic E-state index is 12.2. The Bertz CT molecular complexity index is 405. The van der Waals surface area contributed by atoms with Crippen LogP contribution in [0.1, 0.15) is 34.6 Å². The monoisotopic (exact) mass is 280 g/mol. The lowest BCUT2D eigenvalue weighted by atomic mass is 9.58. The summed E-state index contributed by atoms with van der Waals surface area (Å²) < 4.78 is 5.60. The van der Waals surface area contributed by atoms with Crippen molar-refractivity contribution in [3.63, 3.8) is 0 Å². The van der Waals surface area contributed by atoms with Crippen LogP contribution in [0.4, 0.5) is 0 Å². The highest BCUT2D eigenvalue weighted by molar-refractivity contribution is 5.81. The molecule has 20 heavy (non-hydrogen) atoms. The van der Waals surface area contributed by atoms with Crippen LogP contribution in [0, 0.1) is 29.1 Å². The normalized spacial score (nSPS) is 26.1. The van der Waals surface area contributed by atoms with Crippen molar-refractivity contribution >= 4 is 5.91 Å². The molecule has 114 valence electrons. The number of ether oxygens (including phenoxy) is 1. The average Bonchev–Trinajstić information content (AvgIpc) is 2.36. The molecule has 0 spiro atoms. The minimum atomic E-state index is -0.394. The number of methoxy groups -OCH3 is 1. The molecule has 0 aliphatic heterocycles. The molecule has 1 aliphatic carbocycles. The van der Waals surface area contributed by atoms with E-state index >= 15 is 0 Å². The fraction of sp³-hybridized carbons (Fsp3) is 0.688. The van der Waals surface area contributed by atoms with Gasteiger partial charge in [-0.1, -0.05) is 46.8 Å². The Morgan fingerprint density at radius 1 is 1.35 bits per heavy atom. The highest BCUT2D eigenvalue weighted by atomic mass is 16.5. The molecule has 0 fully saturated rings. The Morgan fingerprint density at radius 2 is 1.90 bits per heavy atom. The maximum absolute atomic E-state index is 12.2. The summed E-state index contributed by atoms with van der Waals surface area (Å²) in [4.78, 5) is 12.2. The van der Waals surface area contributed by atoms with Crippen molar-refractivity contribution in [1.82, 2.24) is 5.43 Å². The molecule has 4 heteroatoms. The van der Waals surface area contributed by atoms with E-state index in [4.69, 9.17) is 10.6 Å². The standard InChI is InChI=1S/C16H28N2O2/c1-10(2)14(11(3)4)16(5)12(15(19)18-17)8-7-9-13(16)20-6/h7-12,14H,17H2,1-6H3,(H,18,19). The molecule has 0 aromatic heterocycles. The van der Waals surface area contributed by atoms with Crippen LogP contribution >= 0.6 is 0 Å². The molecule has 2 atom stereocenters. The van der Waals surface area contributed by atoms with Gasteiger partial charge in [0, 0.05) is 5.41 Å². The molecule has 0 aromatic rings. The molecule has 3 N–H and O–H groups in total. The summed E-state index contributed by atoms with van der Waals surface area (Å²) in [6.45, 7) is 10.9. The summed E-state index contributed by atoms with van der Waals surface area (Å²) in [5.41, 5.74) is 1.90. The van der Waals surface area contributed by atoms with E-state index in [1.807, 2.05) is 18.2 Å². The first kappa shape index (κ1) is 16.8. The molecule has 0 aromatic carbocycles. The zero-order valence-corrected chi connectivity index (χ0v) is 13.4. The van der Waals surface area contributed by atoms with Gasteiger partial charge in [0.2, 0.25) is 5.91 Å². The van der Waals surface area contributed by atoms with E-state index in [0.29, 0.717) is 17.8 Å². The van der Waals surface area contributed by atoms with Gasteiger partial charge in [-0.05, 0) is 23.8 Å². The van der Waals surface area contributed by atoms with Gasteiger partial charge in [0.15, 0.2) is 0 Å². The molecule has 4 nitrogen and oxygen atoms in total. The van der Waals surface area contributed by atoms with Gasteiger partial charge in [-0.25, -0.2) is 5.84 Å². The van der Waals surface area contributed by atoms with Gasteiger partial charge in [0.25, 0.3) is 0 Å². The fourth-order valence-electron chi connectivity index (χ4n) is 4.05. The lowest BCUT2D eigenvalue weighted by molar-refractivity contribution is -0.129. The van der Waals surface area contributed by atoms with Crippen LogP contribution < -0.4 is 11.3 Å². The lowest BCUT2D eigenvalue weighted by Crippen LogP contribution is -2.50. The van der Waals surface area contributed by atoms with Crippen LogP contribution in [0.5, 0.6) is 0 Å². The van der Waals surface area contributed by atoms with Crippen molar-refractivity contribution in [2.24, 2.45) is 34.9 Å². The van der Waals surface area contributed by atoms with E-state index < -0.39 is 5.41 Å². The summed E-state index contributed by atoms with van der Waals surface area (Å²) in [5.74, 6) is 6.90. The van der Waals surface area contributed by atoms with E-state index in [-0.39, 0.29) is 11.8 Å². The molecule has 1 amide bonds. The van der Waals surface area contributed by atoms with E-state index in [9.17, 15) is 4.79 Å². The van der Waals surface area contributed by atoms with Crippen molar-refractivity contribution in [2.75, 3.05) is 7.11 Å². The molecule has 0 radical (unpaired) electrons. The second-order valence-corrected chi connectivity index (χ2v) is 6.40. The average molecular weight is 280 g/mol. The summed E-state index contributed by atoms with van der Waals surface area (Å²) in [6.07, 6.45) is 5.75. The zero-order valence-electron chi connectivity index (χ0n) is 13.4. The van der Waals surface area contributed by atoms with Gasteiger partial charge in [-0.2, -0.15) is 0 Å². The van der Waals surface area contributed by atoms with Gasteiger partial charge in [0.05, 0.1) is 13.0 Å². The number of allylic oxidation sites excluding steroid dienone is 3. The van der Waals surface area contributed by atoms with Gasteiger partial charge in [-0.3, -0.25) is 10.2 Å². The van der Waals surface area contributed by atoms with E-state index in [1.165, 1.54) is 0 Å². The molecule has 0 heterocycles. The Hall–Kier alpha value is -1.29. The number of rotatable bonds is 5. The quantitative estimate of drug-likeness (QED) is 0.462. The first-order chi connectivity index (χ1) is 9.30. The minimum Gasteiger partial charge on any atom is -0.500 e. The minimum absolute atomic E-state index is 0.169. The van der Waals surface area contributed by atoms with Crippen molar-refractivity contribution in [3.8, 4) is 0 Å². The van der Waals surface area contributed by atoms with Crippen LogP contribution in [0.3, 0.4) is 0 Å². The second-order valence-electron chi connectivity index (χ2n) is 6.40. The van der Waals surface area contributed by atoms with E-state index in [0.717, 1.165) is 5.76 Å². The smallest absolute Gasteiger partial charge is 0.241 e. The third-order valence-electron chi connectivity index (χ3n) is 4.50. The summed E-state index contributed by atoms with van der Waals surface area (Å²) in [7, 11) is 1.67. The molecular weight excluding hydrogens is 252 g/mol. The number of hydrogen-bond donors (Lipinski definition) is 2.